The summed E-state index contributed by atoms with van der Waals surface area (Å²) in [6.45, 7) is 4.84. The molecule has 1 aromatic rings. The Morgan fingerprint density at radius 2 is 1.73 bits per heavy atom. The van der Waals surface area contributed by atoms with Gasteiger partial charge in [-0.25, -0.2) is 13.1 Å². The lowest BCUT2D eigenvalue weighted by Crippen LogP contribution is -2.71. The molecule has 124 valence electrons. The highest BCUT2D eigenvalue weighted by Crippen LogP contribution is 2.44. The standard InChI is InChI=1S/C14H19F2NO3S2/c1-12(2,3)21-17-13(9-20-10-13)14(15,16)22(18,19)11-7-5-4-6-8-11/h4-8,17H,9-10H2,1-3H3. The van der Waals surface area contributed by atoms with Gasteiger partial charge in [-0.15, -0.1) is 0 Å². The zero-order valence-electron chi connectivity index (χ0n) is 12.6. The normalized spacial score (nSPS) is 18.8. The maximum absolute atomic E-state index is 14.8. The van der Waals surface area contributed by atoms with Gasteiger partial charge in [0.25, 0.3) is 0 Å². The van der Waals surface area contributed by atoms with Crippen LogP contribution in [0.5, 0.6) is 0 Å². The lowest BCUT2D eigenvalue weighted by atomic mass is 10.00. The average molecular weight is 351 g/mol. The molecule has 1 heterocycles. The van der Waals surface area contributed by atoms with Gasteiger partial charge >= 0.3 is 5.25 Å². The van der Waals surface area contributed by atoms with Crippen LogP contribution >= 0.6 is 11.9 Å². The second-order valence-corrected chi connectivity index (χ2v) is 9.85. The number of hydrogen-bond donors (Lipinski definition) is 1. The van der Waals surface area contributed by atoms with Crippen LogP contribution in [0, 0.1) is 0 Å². The zero-order valence-corrected chi connectivity index (χ0v) is 14.2. The fourth-order valence-electron chi connectivity index (χ4n) is 1.85. The summed E-state index contributed by atoms with van der Waals surface area (Å²) in [4.78, 5) is -0.395. The summed E-state index contributed by atoms with van der Waals surface area (Å²) in [5.41, 5.74) is -1.92. The van der Waals surface area contributed by atoms with Crippen LogP contribution in [-0.4, -0.2) is 37.2 Å². The topological polar surface area (TPSA) is 55.4 Å². The summed E-state index contributed by atoms with van der Waals surface area (Å²) in [5, 5.41) is -3.97. The number of rotatable bonds is 5. The first-order valence-corrected chi connectivity index (χ1v) is 9.02. The molecule has 0 spiro atoms. The van der Waals surface area contributed by atoms with E-state index in [4.69, 9.17) is 4.74 Å². The second kappa shape index (κ2) is 5.74. The zero-order chi connectivity index (χ0) is 16.6. The van der Waals surface area contributed by atoms with Crippen LogP contribution in [0.1, 0.15) is 20.8 Å². The van der Waals surface area contributed by atoms with E-state index in [1.54, 1.807) is 6.07 Å². The first kappa shape index (κ1) is 17.7. The van der Waals surface area contributed by atoms with Crippen LogP contribution in [0.15, 0.2) is 35.2 Å². The van der Waals surface area contributed by atoms with Crippen molar-refractivity contribution in [1.29, 1.82) is 0 Å². The van der Waals surface area contributed by atoms with Gasteiger partial charge in [-0.05, 0) is 32.9 Å². The third kappa shape index (κ3) is 3.02. The summed E-state index contributed by atoms with van der Waals surface area (Å²) in [5.74, 6) is 0. The molecule has 1 aliphatic heterocycles. The maximum Gasteiger partial charge on any atom is 0.372 e. The number of hydrogen-bond acceptors (Lipinski definition) is 5. The average Bonchev–Trinajstić information content (AvgIpc) is 2.36. The Balaban J connectivity index is 2.35. The summed E-state index contributed by atoms with van der Waals surface area (Å²) < 4.78 is 61.6. The molecule has 2 rings (SSSR count). The van der Waals surface area contributed by atoms with Crippen LogP contribution in [0.4, 0.5) is 8.78 Å². The molecule has 0 bridgehead atoms. The van der Waals surface area contributed by atoms with E-state index in [0.29, 0.717) is 0 Å². The molecular weight excluding hydrogens is 332 g/mol. The number of benzene rings is 1. The number of sulfone groups is 1. The largest absolute Gasteiger partial charge is 0.377 e. The van der Waals surface area contributed by atoms with Gasteiger partial charge in [-0.1, -0.05) is 30.1 Å². The first-order valence-electron chi connectivity index (χ1n) is 6.72. The Bertz CT molecular complexity index is 623. The SMILES string of the molecule is CC(C)(C)SNC1(C(F)(F)S(=O)(=O)c2ccccc2)COC1. The van der Waals surface area contributed by atoms with Crippen molar-refractivity contribution < 1.29 is 21.9 Å². The molecule has 1 fully saturated rings. The van der Waals surface area contributed by atoms with Crippen molar-refractivity contribution in [2.24, 2.45) is 0 Å². The van der Waals surface area contributed by atoms with E-state index in [1.165, 1.54) is 24.3 Å². The summed E-state index contributed by atoms with van der Waals surface area (Å²) >= 11 is 1.08. The molecule has 0 aliphatic carbocycles. The van der Waals surface area contributed by atoms with E-state index in [0.717, 1.165) is 11.9 Å². The van der Waals surface area contributed by atoms with Gasteiger partial charge in [0.05, 0.1) is 18.1 Å². The highest BCUT2D eigenvalue weighted by Gasteiger charge is 2.67. The Labute approximate surface area is 133 Å². The molecule has 22 heavy (non-hydrogen) atoms. The fraction of sp³-hybridized carbons (Fsp3) is 0.571. The molecule has 0 aromatic heterocycles. The smallest absolute Gasteiger partial charge is 0.372 e. The van der Waals surface area contributed by atoms with Gasteiger partial charge in [0.15, 0.2) is 5.54 Å². The van der Waals surface area contributed by atoms with Crippen molar-refractivity contribution in [3.8, 4) is 0 Å². The molecule has 0 saturated carbocycles. The molecule has 4 nitrogen and oxygen atoms in total. The minimum Gasteiger partial charge on any atom is -0.377 e. The van der Waals surface area contributed by atoms with E-state index in [9.17, 15) is 17.2 Å². The van der Waals surface area contributed by atoms with Crippen molar-refractivity contribution in [1.82, 2.24) is 4.72 Å². The highest BCUT2D eigenvalue weighted by molar-refractivity contribution is 7.98. The monoisotopic (exact) mass is 351 g/mol. The summed E-state index contributed by atoms with van der Waals surface area (Å²) in [7, 11) is -4.81. The van der Waals surface area contributed by atoms with Crippen LogP contribution in [0.25, 0.3) is 0 Å². The molecule has 1 aliphatic rings. The Morgan fingerprint density at radius 1 is 1.18 bits per heavy atom. The molecule has 1 saturated heterocycles. The van der Waals surface area contributed by atoms with Crippen molar-refractivity contribution in [2.45, 2.75) is 41.2 Å². The molecule has 1 N–H and O–H groups in total. The Kier molecular flexibility index (Phi) is 4.60. The first-order chi connectivity index (χ1) is 10.0. The Morgan fingerprint density at radius 3 is 2.14 bits per heavy atom. The van der Waals surface area contributed by atoms with Gasteiger partial charge in [-0.2, -0.15) is 8.78 Å². The van der Waals surface area contributed by atoms with Crippen molar-refractivity contribution in [3.05, 3.63) is 30.3 Å². The lowest BCUT2D eigenvalue weighted by molar-refractivity contribution is -0.153. The molecule has 0 unspecified atom stereocenters. The van der Waals surface area contributed by atoms with E-state index in [2.05, 4.69) is 4.72 Å². The van der Waals surface area contributed by atoms with Gasteiger partial charge in [0.2, 0.25) is 9.84 Å². The van der Waals surface area contributed by atoms with Gasteiger partial charge in [-0.3, -0.25) is 0 Å². The van der Waals surface area contributed by atoms with Gasteiger partial charge in [0.1, 0.15) is 0 Å². The minimum absolute atomic E-state index is 0.338. The quantitative estimate of drug-likeness (QED) is 0.827. The molecule has 8 heteroatoms. The fourth-order valence-corrected chi connectivity index (χ4v) is 4.16. The van der Waals surface area contributed by atoms with Crippen LogP contribution in [-0.2, 0) is 14.6 Å². The summed E-state index contributed by atoms with van der Waals surface area (Å²) in [6, 6.07) is 6.77. The molecule has 0 radical (unpaired) electrons. The number of ether oxygens (including phenoxy) is 1. The molecular formula is C14H19F2NO3S2. The van der Waals surface area contributed by atoms with E-state index in [-0.39, 0.29) is 18.0 Å². The number of alkyl halides is 2. The molecule has 1 aromatic carbocycles. The van der Waals surface area contributed by atoms with E-state index < -0.39 is 25.5 Å². The van der Waals surface area contributed by atoms with E-state index >= 15 is 0 Å². The molecule has 0 atom stereocenters. The summed E-state index contributed by atoms with van der Waals surface area (Å²) in [6.07, 6.45) is 0. The van der Waals surface area contributed by atoms with Crippen LogP contribution in [0.3, 0.4) is 0 Å². The van der Waals surface area contributed by atoms with Crippen molar-refractivity contribution in [3.63, 3.8) is 0 Å². The molecule has 0 amide bonds. The number of nitrogens with one attached hydrogen (secondary N) is 1. The number of halogens is 2. The third-order valence-corrected chi connectivity index (χ3v) is 6.26. The van der Waals surface area contributed by atoms with Crippen molar-refractivity contribution in [2.75, 3.05) is 13.2 Å². The third-order valence-electron chi connectivity index (χ3n) is 3.20. The predicted octanol–water partition coefficient (Wildman–Crippen LogP) is 2.86. The Hall–Kier alpha value is -0.700. The van der Waals surface area contributed by atoms with Crippen LogP contribution in [0.2, 0.25) is 0 Å². The van der Waals surface area contributed by atoms with Crippen molar-refractivity contribution >= 4 is 21.8 Å². The van der Waals surface area contributed by atoms with Gasteiger partial charge < -0.3 is 4.74 Å². The van der Waals surface area contributed by atoms with Gasteiger partial charge in [0, 0.05) is 4.75 Å². The van der Waals surface area contributed by atoms with E-state index in [1.807, 2.05) is 20.8 Å². The lowest BCUT2D eigenvalue weighted by Gasteiger charge is -2.46. The van der Waals surface area contributed by atoms with Crippen LogP contribution < -0.4 is 4.72 Å². The second-order valence-electron chi connectivity index (χ2n) is 6.22. The maximum atomic E-state index is 14.8. The predicted molar refractivity (Wildman–Crippen MR) is 82.6 cm³/mol. The minimum atomic E-state index is -4.81. The highest BCUT2D eigenvalue weighted by atomic mass is 32.2.